The first-order chi connectivity index (χ1) is 27.7. The number of nitrogens with zero attached hydrogens (tertiary/aromatic N) is 3. The number of hydrogen-bond donors (Lipinski definition) is 0. The third-order valence-electron chi connectivity index (χ3n) is 11.2. The van der Waals surface area contributed by atoms with Crippen LogP contribution in [0, 0.1) is 13.8 Å². The number of aromatic nitrogens is 3. The van der Waals surface area contributed by atoms with Crippen molar-refractivity contribution in [2.24, 2.45) is 0 Å². The van der Waals surface area contributed by atoms with Gasteiger partial charge in [-0.15, -0.1) is 11.3 Å². The molecule has 0 bridgehead atoms. The van der Waals surface area contributed by atoms with Crippen LogP contribution in [0.5, 0.6) is 0 Å². The van der Waals surface area contributed by atoms with Gasteiger partial charge in [-0.05, 0) is 92.9 Å². The average Bonchev–Trinajstić information content (AvgIpc) is 3.61. The summed E-state index contributed by atoms with van der Waals surface area (Å²) in [6.45, 7) is 11.1. The van der Waals surface area contributed by atoms with E-state index in [0.29, 0.717) is 17.5 Å². The Morgan fingerprint density at radius 1 is 0.386 bits per heavy atom. The third-order valence-corrected chi connectivity index (χ3v) is 12.4. The van der Waals surface area contributed by atoms with Crippen LogP contribution in [0.25, 0.3) is 98.1 Å². The van der Waals surface area contributed by atoms with Crippen molar-refractivity contribution in [3.63, 3.8) is 0 Å². The van der Waals surface area contributed by atoms with E-state index in [9.17, 15) is 0 Å². The molecule has 10 aromatic rings. The van der Waals surface area contributed by atoms with Gasteiger partial charge in [0.1, 0.15) is 0 Å². The van der Waals surface area contributed by atoms with Crippen LogP contribution in [0.2, 0.25) is 0 Å². The molecule has 2 heterocycles. The summed E-state index contributed by atoms with van der Waals surface area (Å²) in [5, 5.41) is 7.01. The lowest BCUT2D eigenvalue weighted by Crippen LogP contribution is -2.10. The second-order valence-electron chi connectivity index (χ2n) is 16.2. The van der Waals surface area contributed by atoms with Crippen LogP contribution >= 0.6 is 11.3 Å². The zero-order chi connectivity index (χ0) is 38.8. The minimum absolute atomic E-state index is 0.0873. The van der Waals surface area contributed by atoms with Gasteiger partial charge in [-0.3, -0.25) is 0 Å². The molecular formula is C53H41N3S. The molecule has 0 aliphatic rings. The molecule has 2 aromatic heterocycles. The van der Waals surface area contributed by atoms with Crippen LogP contribution in [-0.2, 0) is 5.41 Å². The van der Waals surface area contributed by atoms with Crippen LogP contribution in [0.15, 0.2) is 158 Å². The molecule has 0 aliphatic carbocycles. The summed E-state index contributed by atoms with van der Waals surface area (Å²) in [4.78, 5) is 16.1. The van der Waals surface area contributed by atoms with Gasteiger partial charge in [-0.25, -0.2) is 15.0 Å². The summed E-state index contributed by atoms with van der Waals surface area (Å²) in [7, 11) is 0. The van der Waals surface area contributed by atoms with E-state index >= 15 is 0 Å². The Kier molecular flexibility index (Phi) is 8.35. The zero-order valence-corrected chi connectivity index (χ0v) is 33.6. The standard InChI is InChI=1S/C53H41N3S/c1-32-29-33(2)31-35(30-32)38-26-28-46(42-16-9-7-14-40(38)42)51-54-50(55-52(56-51)47-19-12-18-44-43-17-10-11-20-48(43)57-49(44)47)45-27-25-37(39-13-6-8-15-41(39)45)34-21-23-36(24-22-34)53(3,4)5/h6-31H,1-5H3. The average molecular weight is 752 g/mol. The molecule has 0 unspecified atom stereocenters. The molecule has 57 heavy (non-hydrogen) atoms. The maximum atomic E-state index is 5.38. The first-order valence-electron chi connectivity index (χ1n) is 19.6. The van der Waals surface area contributed by atoms with Crippen molar-refractivity contribution < 1.29 is 0 Å². The summed E-state index contributed by atoms with van der Waals surface area (Å²) in [6, 6.07) is 57.0. The molecule has 0 amide bonds. The molecule has 8 aromatic carbocycles. The Morgan fingerprint density at radius 3 is 1.40 bits per heavy atom. The van der Waals surface area contributed by atoms with Gasteiger partial charge in [0.2, 0.25) is 0 Å². The van der Waals surface area contributed by atoms with Gasteiger partial charge in [-0.2, -0.15) is 0 Å². The fourth-order valence-corrected chi connectivity index (χ4v) is 9.64. The Morgan fingerprint density at radius 2 is 0.842 bits per heavy atom. The van der Waals surface area contributed by atoms with Crippen LogP contribution < -0.4 is 0 Å². The Balaban J connectivity index is 1.21. The highest BCUT2D eigenvalue weighted by molar-refractivity contribution is 7.26. The lowest BCUT2D eigenvalue weighted by Gasteiger charge is -2.19. The molecule has 0 spiro atoms. The minimum atomic E-state index is 0.0873. The molecule has 0 N–H and O–H groups in total. The topological polar surface area (TPSA) is 38.7 Å². The first-order valence-corrected chi connectivity index (χ1v) is 20.4. The summed E-state index contributed by atoms with van der Waals surface area (Å²) >= 11 is 1.79. The lowest BCUT2D eigenvalue weighted by molar-refractivity contribution is 0.590. The van der Waals surface area contributed by atoms with E-state index in [-0.39, 0.29) is 5.41 Å². The van der Waals surface area contributed by atoms with E-state index in [1.807, 2.05) is 0 Å². The number of thiophene rings is 1. The second-order valence-corrected chi connectivity index (χ2v) is 17.3. The highest BCUT2D eigenvalue weighted by atomic mass is 32.1. The number of aryl methyl sites for hydroxylation is 2. The molecule has 0 saturated heterocycles. The molecule has 0 aliphatic heterocycles. The highest BCUT2D eigenvalue weighted by Gasteiger charge is 2.21. The Labute approximate surface area is 337 Å². The van der Waals surface area contributed by atoms with E-state index in [1.165, 1.54) is 64.5 Å². The van der Waals surface area contributed by atoms with Crippen molar-refractivity contribution in [3.8, 4) is 56.4 Å². The van der Waals surface area contributed by atoms with Crippen molar-refractivity contribution in [3.05, 3.63) is 174 Å². The van der Waals surface area contributed by atoms with Crippen LogP contribution in [0.4, 0.5) is 0 Å². The SMILES string of the molecule is Cc1cc(C)cc(-c2ccc(-c3nc(-c4ccc(-c5ccc(C(C)(C)C)cc5)c5ccccc45)nc(-c4cccc5c4sc4ccccc45)n3)c3ccccc23)c1. The first kappa shape index (κ1) is 35.0. The number of rotatable bonds is 5. The van der Waals surface area contributed by atoms with Crippen molar-refractivity contribution >= 4 is 53.1 Å². The Hall–Kier alpha value is -6.49. The molecule has 0 atom stereocenters. The summed E-state index contributed by atoms with van der Waals surface area (Å²) in [5.41, 5.74) is 11.7. The van der Waals surface area contributed by atoms with Crippen LogP contribution in [0.1, 0.15) is 37.5 Å². The second kappa shape index (κ2) is 13.6. The van der Waals surface area contributed by atoms with Gasteiger partial charge in [0.05, 0.1) is 0 Å². The van der Waals surface area contributed by atoms with Gasteiger partial charge in [0.25, 0.3) is 0 Å². The summed E-state index contributed by atoms with van der Waals surface area (Å²) in [6.07, 6.45) is 0. The van der Waals surface area contributed by atoms with Crippen molar-refractivity contribution in [1.29, 1.82) is 0 Å². The molecule has 10 rings (SSSR count). The number of hydrogen-bond acceptors (Lipinski definition) is 4. The van der Waals surface area contributed by atoms with Gasteiger partial charge in [0.15, 0.2) is 17.5 Å². The largest absolute Gasteiger partial charge is 0.208 e. The van der Waals surface area contributed by atoms with E-state index in [1.54, 1.807) is 11.3 Å². The summed E-state index contributed by atoms with van der Waals surface area (Å²) < 4.78 is 2.43. The molecule has 274 valence electrons. The maximum absolute atomic E-state index is 5.38. The molecule has 0 radical (unpaired) electrons. The van der Waals surface area contributed by atoms with E-state index < -0.39 is 0 Å². The monoisotopic (exact) mass is 751 g/mol. The van der Waals surface area contributed by atoms with E-state index in [0.717, 1.165) is 32.8 Å². The lowest BCUT2D eigenvalue weighted by atomic mass is 9.85. The zero-order valence-electron chi connectivity index (χ0n) is 32.8. The molecule has 4 heteroatoms. The number of benzene rings is 8. The predicted molar refractivity (Wildman–Crippen MR) is 243 cm³/mol. The highest BCUT2D eigenvalue weighted by Crippen LogP contribution is 2.42. The van der Waals surface area contributed by atoms with Crippen molar-refractivity contribution in [1.82, 2.24) is 15.0 Å². The molecule has 0 saturated carbocycles. The normalized spacial score (nSPS) is 11.9. The van der Waals surface area contributed by atoms with E-state index in [2.05, 4.69) is 192 Å². The number of fused-ring (bicyclic) bond motifs is 5. The van der Waals surface area contributed by atoms with Crippen LogP contribution in [0.3, 0.4) is 0 Å². The molecule has 3 nitrogen and oxygen atoms in total. The van der Waals surface area contributed by atoms with Crippen molar-refractivity contribution in [2.45, 2.75) is 40.0 Å². The smallest absolute Gasteiger partial charge is 0.165 e. The van der Waals surface area contributed by atoms with Gasteiger partial charge in [-0.1, -0.05) is 165 Å². The maximum Gasteiger partial charge on any atom is 0.165 e. The fraction of sp³-hybridized carbons (Fsp3) is 0.113. The fourth-order valence-electron chi connectivity index (χ4n) is 8.43. The van der Waals surface area contributed by atoms with Gasteiger partial charge in [0, 0.05) is 36.9 Å². The van der Waals surface area contributed by atoms with Crippen LogP contribution in [-0.4, -0.2) is 15.0 Å². The van der Waals surface area contributed by atoms with Gasteiger partial charge < -0.3 is 0 Å². The van der Waals surface area contributed by atoms with Gasteiger partial charge >= 0.3 is 0 Å². The molecule has 0 fully saturated rings. The quantitative estimate of drug-likeness (QED) is 0.176. The summed E-state index contributed by atoms with van der Waals surface area (Å²) in [5.74, 6) is 1.98. The predicted octanol–water partition coefficient (Wildman–Crippen LogP) is 14.8. The molecular weight excluding hydrogens is 711 g/mol. The van der Waals surface area contributed by atoms with E-state index in [4.69, 9.17) is 15.0 Å². The Bertz CT molecular complexity index is 3160. The minimum Gasteiger partial charge on any atom is -0.208 e. The third kappa shape index (κ3) is 6.18. The van der Waals surface area contributed by atoms with Crippen molar-refractivity contribution in [2.75, 3.05) is 0 Å².